The lowest BCUT2D eigenvalue weighted by Gasteiger charge is -2.20. The minimum Gasteiger partial charge on any atom is -0.298 e. The number of carbonyl (C=O) groups excluding carboxylic acids is 1. The molecule has 1 aliphatic rings. The van der Waals surface area contributed by atoms with Gasteiger partial charge in [0.05, 0.1) is 6.04 Å². The zero-order valence-corrected chi connectivity index (χ0v) is 7.75. The monoisotopic (exact) mass is 167 g/mol. The fraction of sp³-hybridized carbons (Fsp3) is 0.700. The summed E-state index contributed by atoms with van der Waals surface area (Å²) in [5.74, 6) is 0.316. The first-order chi connectivity index (χ1) is 5.75. The van der Waals surface area contributed by atoms with E-state index in [2.05, 4.69) is 11.5 Å². The molecular weight excluding hydrogens is 150 g/mol. The van der Waals surface area contributed by atoms with Crippen LogP contribution in [0.15, 0.2) is 12.7 Å². The van der Waals surface area contributed by atoms with Gasteiger partial charge in [0.25, 0.3) is 0 Å². The fourth-order valence-electron chi connectivity index (χ4n) is 1.81. The van der Waals surface area contributed by atoms with Gasteiger partial charge in [-0.1, -0.05) is 6.08 Å². The van der Waals surface area contributed by atoms with Gasteiger partial charge in [-0.3, -0.25) is 9.69 Å². The molecule has 0 spiro atoms. The smallest absolute Gasteiger partial charge is 0.146 e. The summed E-state index contributed by atoms with van der Waals surface area (Å²) in [4.78, 5) is 13.4. The summed E-state index contributed by atoms with van der Waals surface area (Å²) in [5, 5.41) is 0. The highest BCUT2D eigenvalue weighted by Gasteiger charge is 2.26. The second-order valence-electron chi connectivity index (χ2n) is 3.38. The third-order valence-corrected chi connectivity index (χ3v) is 2.45. The van der Waals surface area contributed by atoms with Gasteiger partial charge in [-0.25, -0.2) is 0 Å². The zero-order valence-electron chi connectivity index (χ0n) is 7.75. The predicted octanol–water partition coefficient (Wildman–Crippen LogP) is 1.62. The van der Waals surface area contributed by atoms with Crippen molar-refractivity contribution < 1.29 is 4.79 Å². The number of Topliss-reactive ketones (excluding diaryl/α,β-unsaturated/α-hetero) is 1. The van der Waals surface area contributed by atoms with Crippen molar-refractivity contribution in [2.75, 3.05) is 13.1 Å². The molecule has 1 atom stereocenters. The van der Waals surface area contributed by atoms with E-state index in [1.165, 1.54) is 6.42 Å². The highest BCUT2D eigenvalue weighted by molar-refractivity contribution is 5.81. The van der Waals surface area contributed by atoms with E-state index in [1.54, 1.807) is 6.92 Å². The van der Waals surface area contributed by atoms with E-state index in [-0.39, 0.29) is 6.04 Å². The van der Waals surface area contributed by atoms with Gasteiger partial charge in [-0.05, 0) is 32.7 Å². The number of rotatable bonds is 4. The first-order valence-corrected chi connectivity index (χ1v) is 4.61. The zero-order chi connectivity index (χ0) is 8.97. The van der Waals surface area contributed by atoms with Crippen molar-refractivity contribution >= 4 is 5.78 Å². The molecular formula is C10H17NO. The molecule has 1 fully saturated rings. The number of hydrogen-bond acceptors (Lipinski definition) is 2. The van der Waals surface area contributed by atoms with Gasteiger partial charge >= 0.3 is 0 Å². The number of nitrogens with zero attached hydrogens (tertiary/aromatic N) is 1. The molecule has 0 N–H and O–H groups in total. The van der Waals surface area contributed by atoms with E-state index in [0.717, 1.165) is 25.9 Å². The molecule has 0 saturated carbocycles. The van der Waals surface area contributed by atoms with E-state index in [4.69, 9.17) is 0 Å². The molecule has 0 aromatic carbocycles. The van der Waals surface area contributed by atoms with Crippen molar-refractivity contribution in [2.24, 2.45) is 0 Å². The van der Waals surface area contributed by atoms with Crippen molar-refractivity contribution in [3.63, 3.8) is 0 Å². The average Bonchev–Trinajstić information content (AvgIpc) is 2.48. The molecule has 0 bridgehead atoms. The topological polar surface area (TPSA) is 20.3 Å². The number of ketones is 1. The van der Waals surface area contributed by atoms with Crippen LogP contribution in [0, 0.1) is 0 Å². The lowest BCUT2D eigenvalue weighted by atomic mass is 10.1. The van der Waals surface area contributed by atoms with Crippen LogP contribution in [-0.4, -0.2) is 29.8 Å². The Bertz CT molecular complexity index is 177. The summed E-state index contributed by atoms with van der Waals surface area (Å²) in [6, 6.07) is 0.199. The van der Waals surface area contributed by atoms with Crippen LogP contribution in [0.25, 0.3) is 0 Å². The van der Waals surface area contributed by atoms with Gasteiger partial charge in [-0.15, -0.1) is 6.58 Å². The van der Waals surface area contributed by atoms with Gasteiger partial charge < -0.3 is 0 Å². The first kappa shape index (κ1) is 9.46. The maximum atomic E-state index is 11.2. The molecule has 1 heterocycles. The quantitative estimate of drug-likeness (QED) is 0.593. The molecule has 2 nitrogen and oxygen atoms in total. The Morgan fingerprint density at radius 3 is 3.08 bits per heavy atom. The van der Waals surface area contributed by atoms with E-state index in [1.807, 2.05) is 6.08 Å². The summed E-state index contributed by atoms with van der Waals surface area (Å²) in [7, 11) is 0. The number of carbonyl (C=O) groups is 1. The van der Waals surface area contributed by atoms with Gasteiger partial charge in [0.2, 0.25) is 0 Å². The second kappa shape index (κ2) is 4.41. The standard InChI is InChI=1S/C10H17NO/c1-3-4-7-11-8-5-6-10(11)9(2)12/h3,10H,1,4-8H2,2H3/t10-/m1/s1. The molecule has 2 heteroatoms. The second-order valence-corrected chi connectivity index (χ2v) is 3.38. The summed E-state index contributed by atoms with van der Waals surface area (Å²) in [5.41, 5.74) is 0. The van der Waals surface area contributed by atoms with Crippen molar-refractivity contribution in [1.82, 2.24) is 4.90 Å². The molecule has 1 saturated heterocycles. The molecule has 12 heavy (non-hydrogen) atoms. The summed E-state index contributed by atoms with van der Waals surface area (Å²) >= 11 is 0. The molecule has 1 aliphatic heterocycles. The Morgan fingerprint density at radius 2 is 2.50 bits per heavy atom. The molecule has 0 aromatic heterocycles. The highest BCUT2D eigenvalue weighted by atomic mass is 16.1. The summed E-state index contributed by atoms with van der Waals surface area (Å²) in [6.07, 6.45) is 5.12. The summed E-state index contributed by atoms with van der Waals surface area (Å²) in [6.45, 7) is 7.45. The molecule has 1 rings (SSSR count). The molecule has 0 aromatic rings. The van der Waals surface area contributed by atoms with Crippen LogP contribution in [0.5, 0.6) is 0 Å². The molecule has 0 amide bonds. The van der Waals surface area contributed by atoms with Gasteiger partial charge in [0.1, 0.15) is 5.78 Å². The van der Waals surface area contributed by atoms with E-state index >= 15 is 0 Å². The Morgan fingerprint density at radius 1 is 1.75 bits per heavy atom. The third-order valence-electron chi connectivity index (χ3n) is 2.45. The Balaban J connectivity index is 2.40. The van der Waals surface area contributed by atoms with Crippen molar-refractivity contribution in [3.05, 3.63) is 12.7 Å². The predicted molar refractivity (Wildman–Crippen MR) is 50.1 cm³/mol. The van der Waals surface area contributed by atoms with Crippen LogP contribution < -0.4 is 0 Å². The van der Waals surface area contributed by atoms with E-state index in [0.29, 0.717) is 5.78 Å². The first-order valence-electron chi connectivity index (χ1n) is 4.61. The van der Waals surface area contributed by atoms with Gasteiger partial charge in [-0.2, -0.15) is 0 Å². The van der Waals surface area contributed by atoms with Crippen LogP contribution in [0.2, 0.25) is 0 Å². The van der Waals surface area contributed by atoms with Crippen LogP contribution in [-0.2, 0) is 4.79 Å². The van der Waals surface area contributed by atoms with Gasteiger partial charge in [0.15, 0.2) is 0 Å². The van der Waals surface area contributed by atoms with Gasteiger partial charge in [0, 0.05) is 6.54 Å². The SMILES string of the molecule is C=CCCN1CCC[C@@H]1C(C)=O. The molecule has 0 radical (unpaired) electrons. The van der Waals surface area contributed by atoms with Crippen LogP contribution >= 0.6 is 0 Å². The fourth-order valence-corrected chi connectivity index (χ4v) is 1.81. The Kier molecular flexibility index (Phi) is 3.48. The lowest BCUT2D eigenvalue weighted by Crippen LogP contribution is -2.35. The van der Waals surface area contributed by atoms with Crippen molar-refractivity contribution in [1.29, 1.82) is 0 Å². The maximum Gasteiger partial charge on any atom is 0.146 e. The maximum absolute atomic E-state index is 11.2. The number of likely N-dealkylation sites (tertiary alicyclic amines) is 1. The third kappa shape index (κ3) is 2.18. The largest absolute Gasteiger partial charge is 0.298 e. The average molecular weight is 167 g/mol. The highest BCUT2D eigenvalue weighted by Crippen LogP contribution is 2.17. The minimum atomic E-state index is 0.199. The molecule has 0 unspecified atom stereocenters. The van der Waals surface area contributed by atoms with E-state index in [9.17, 15) is 4.79 Å². The van der Waals surface area contributed by atoms with Crippen LogP contribution in [0.1, 0.15) is 26.2 Å². The minimum absolute atomic E-state index is 0.199. The Labute approximate surface area is 74.2 Å². The normalized spacial score (nSPS) is 24.2. The Hall–Kier alpha value is -0.630. The molecule has 68 valence electrons. The van der Waals surface area contributed by atoms with Crippen LogP contribution in [0.4, 0.5) is 0 Å². The van der Waals surface area contributed by atoms with Crippen molar-refractivity contribution in [3.8, 4) is 0 Å². The van der Waals surface area contributed by atoms with E-state index < -0.39 is 0 Å². The summed E-state index contributed by atoms with van der Waals surface area (Å²) < 4.78 is 0. The lowest BCUT2D eigenvalue weighted by molar-refractivity contribution is -0.121. The van der Waals surface area contributed by atoms with Crippen molar-refractivity contribution in [2.45, 2.75) is 32.2 Å². The molecule has 0 aliphatic carbocycles. The number of hydrogen-bond donors (Lipinski definition) is 0. The van der Waals surface area contributed by atoms with Crippen LogP contribution in [0.3, 0.4) is 0 Å².